The zero-order valence-corrected chi connectivity index (χ0v) is 14.8. The molecule has 0 spiro atoms. The van der Waals surface area contributed by atoms with Gasteiger partial charge in [-0.1, -0.05) is 59.1 Å². The number of carbonyl (C=O) groups is 1. The minimum absolute atomic E-state index is 0.0324. The number of nitrogens with zero attached hydrogens (tertiary/aromatic N) is 3. The molecule has 4 rings (SSSR count). The van der Waals surface area contributed by atoms with Crippen LogP contribution >= 0.6 is 11.5 Å². The fourth-order valence-corrected chi connectivity index (χ4v) is 4.19. The highest BCUT2D eigenvalue weighted by molar-refractivity contribution is 7.03. The van der Waals surface area contributed by atoms with E-state index in [0.29, 0.717) is 12.2 Å². The van der Waals surface area contributed by atoms with Crippen LogP contribution in [-0.4, -0.2) is 33.0 Å². The molecule has 3 aromatic rings. The summed E-state index contributed by atoms with van der Waals surface area (Å²) in [5, 5.41) is 5.71. The van der Waals surface area contributed by atoms with Crippen molar-refractivity contribution in [3.05, 3.63) is 82.4 Å². The predicted octanol–water partition coefficient (Wildman–Crippen LogP) is 3.76. The van der Waals surface area contributed by atoms with Crippen molar-refractivity contribution in [1.82, 2.24) is 14.5 Å². The summed E-state index contributed by atoms with van der Waals surface area (Å²) < 4.78 is 3.85. The van der Waals surface area contributed by atoms with Gasteiger partial charge in [-0.25, -0.2) is 0 Å². The first kappa shape index (κ1) is 16.0. The maximum atomic E-state index is 13.0. The van der Waals surface area contributed by atoms with Crippen LogP contribution < -0.4 is 0 Å². The summed E-state index contributed by atoms with van der Waals surface area (Å²) in [4.78, 5) is 14.9. The molecule has 0 radical (unpaired) electrons. The van der Waals surface area contributed by atoms with E-state index in [2.05, 4.69) is 65.0 Å². The Bertz CT molecular complexity index is 864. The highest BCUT2D eigenvalue weighted by atomic mass is 32.1. The normalized spacial score (nSPS) is 20.0. The van der Waals surface area contributed by atoms with Gasteiger partial charge in [-0.15, -0.1) is 5.10 Å². The number of benzene rings is 2. The number of rotatable bonds is 2. The van der Waals surface area contributed by atoms with E-state index in [9.17, 15) is 4.79 Å². The van der Waals surface area contributed by atoms with Crippen molar-refractivity contribution in [2.24, 2.45) is 0 Å². The van der Waals surface area contributed by atoms with Crippen molar-refractivity contribution in [3.8, 4) is 0 Å². The molecule has 2 aromatic carbocycles. The fraction of sp³-hybridized carbons (Fsp3) is 0.250. The van der Waals surface area contributed by atoms with E-state index in [1.165, 1.54) is 28.2 Å². The SMILES string of the molecule is C[C@H]1[C@@H](c2ccccc2)c2ccccc2CCN1C(=O)c1csnn1. The van der Waals surface area contributed by atoms with E-state index >= 15 is 0 Å². The Hall–Kier alpha value is -2.53. The Morgan fingerprint density at radius 2 is 1.88 bits per heavy atom. The molecule has 1 aromatic heterocycles. The van der Waals surface area contributed by atoms with Gasteiger partial charge in [0.05, 0.1) is 0 Å². The second-order valence-corrected chi connectivity index (χ2v) is 6.98. The molecule has 4 nitrogen and oxygen atoms in total. The molecule has 0 N–H and O–H groups in total. The summed E-state index contributed by atoms with van der Waals surface area (Å²) in [7, 11) is 0. The van der Waals surface area contributed by atoms with Crippen LogP contribution in [0.1, 0.15) is 40.0 Å². The Morgan fingerprint density at radius 1 is 1.12 bits per heavy atom. The Labute approximate surface area is 151 Å². The smallest absolute Gasteiger partial charge is 0.275 e. The zero-order valence-electron chi connectivity index (χ0n) is 14.0. The lowest BCUT2D eigenvalue weighted by atomic mass is 9.83. The minimum atomic E-state index is -0.0324. The number of hydrogen-bond acceptors (Lipinski definition) is 4. The lowest BCUT2D eigenvalue weighted by Gasteiger charge is -2.33. The van der Waals surface area contributed by atoms with Crippen molar-refractivity contribution < 1.29 is 4.79 Å². The molecule has 2 heterocycles. The molecular weight excluding hydrogens is 330 g/mol. The molecule has 0 saturated carbocycles. The fourth-order valence-electron chi connectivity index (χ4n) is 3.76. The predicted molar refractivity (Wildman–Crippen MR) is 98.8 cm³/mol. The summed E-state index contributed by atoms with van der Waals surface area (Å²) in [5.41, 5.74) is 4.30. The standard InChI is InChI=1S/C20H19N3OS/c1-14-19(16-8-3-2-4-9-16)17-10-6-5-7-15(17)11-12-23(14)20(24)18-13-25-22-21-18/h2-10,13-14,19H,11-12H2,1H3/t14-,19-/m0/s1. The lowest BCUT2D eigenvalue weighted by molar-refractivity contribution is 0.0681. The van der Waals surface area contributed by atoms with E-state index in [0.717, 1.165) is 6.42 Å². The van der Waals surface area contributed by atoms with Crippen LogP contribution in [0.15, 0.2) is 60.0 Å². The Kier molecular flexibility index (Phi) is 4.32. The van der Waals surface area contributed by atoms with Gasteiger partial charge in [0.15, 0.2) is 5.69 Å². The van der Waals surface area contributed by atoms with Crippen molar-refractivity contribution >= 4 is 17.4 Å². The van der Waals surface area contributed by atoms with Crippen LogP contribution in [0.25, 0.3) is 0 Å². The Morgan fingerprint density at radius 3 is 2.64 bits per heavy atom. The van der Waals surface area contributed by atoms with Gasteiger partial charge >= 0.3 is 0 Å². The minimum Gasteiger partial charge on any atom is -0.333 e. The highest BCUT2D eigenvalue weighted by Crippen LogP contribution is 2.36. The molecule has 0 aliphatic carbocycles. The summed E-state index contributed by atoms with van der Waals surface area (Å²) in [6.45, 7) is 2.83. The first-order valence-corrected chi connectivity index (χ1v) is 9.30. The summed E-state index contributed by atoms with van der Waals surface area (Å²) in [6.07, 6.45) is 0.854. The third-order valence-electron chi connectivity index (χ3n) is 4.98. The third kappa shape index (κ3) is 2.96. The Balaban J connectivity index is 1.79. The molecule has 1 amide bonds. The van der Waals surface area contributed by atoms with Crippen molar-refractivity contribution in [2.75, 3.05) is 6.54 Å². The lowest BCUT2D eigenvalue weighted by Crippen LogP contribution is -2.42. The van der Waals surface area contributed by atoms with E-state index in [1.54, 1.807) is 5.38 Å². The third-order valence-corrected chi connectivity index (χ3v) is 5.49. The second-order valence-electron chi connectivity index (χ2n) is 6.37. The molecule has 0 saturated heterocycles. The average molecular weight is 349 g/mol. The van der Waals surface area contributed by atoms with E-state index in [4.69, 9.17) is 0 Å². The van der Waals surface area contributed by atoms with Crippen LogP contribution in [0.5, 0.6) is 0 Å². The number of amides is 1. The summed E-state index contributed by atoms with van der Waals surface area (Å²) in [6, 6.07) is 19.0. The number of carbonyl (C=O) groups excluding carboxylic acids is 1. The summed E-state index contributed by atoms with van der Waals surface area (Å²) in [5.74, 6) is 0.116. The van der Waals surface area contributed by atoms with Crippen LogP contribution in [0, 0.1) is 0 Å². The van der Waals surface area contributed by atoms with Gasteiger partial charge in [-0.2, -0.15) is 0 Å². The second kappa shape index (κ2) is 6.76. The van der Waals surface area contributed by atoms with Gasteiger partial charge in [-0.05, 0) is 41.6 Å². The molecule has 5 heteroatoms. The molecule has 1 aliphatic rings. The van der Waals surface area contributed by atoms with Gasteiger partial charge in [0, 0.05) is 23.9 Å². The summed E-state index contributed by atoms with van der Waals surface area (Å²) >= 11 is 1.21. The van der Waals surface area contributed by atoms with Gasteiger partial charge in [-0.3, -0.25) is 4.79 Å². The van der Waals surface area contributed by atoms with Crippen molar-refractivity contribution in [2.45, 2.75) is 25.3 Å². The van der Waals surface area contributed by atoms with Gasteiger partial charge in [0.2, 0.25) is 0 Å². The number of aromatic nitrogens is 2. The monoisotopic (exact) mass is 349 g/mol. The van der Waals surface area contributed by atoms with E-state index in [-0.39, 0.29) is 17.9 Å². The molecule has 0 unspecified atom stereocenters. The maximum Gasteiger partial charge on any atom is 0.275 e. The van der Waals surface area contributed by atoms with Crippen molar-refractivity contribution in [1.29, 1.82) is 0 Å². The van der Waals surface area contributed by atoms with Gasteiger partial charge < -0.3 is 4.90 Å². The van der Waals surface area contributed by atoms with Gasteiger partial charge in [0.1, 0.15) is 0 Å². The zero-order chi connectivity index (χ0) is 17.2. The molecule has 0 fully saturated rings. The van der Waals surface area contributed by atoms with E-state index in [1.807, 2.05) is 11.0 Å². The van der Waals surface area contributed by atoms with Crippen LogP contribution in [0.3, 0.4) is 0 Å². The topological polar surface area (TPSA) is 46.1 Å². The number of fused-ring (bicyclic) bond motifs is 1. The molecule has 25 heavy (non-hydrogen) atoms. The van der Waals surface area contributed by atoms with E-state index < -0.39 is 0 Å². The molecule has 2 atom stereocenters. The highest BCUT2D eigenvalue weighted by Gasteiger charge is 2.34. The van der Waals surface area contributed by atoms with Crippen molar-refractivity contribution in [3.63, 3.8) is 0 Å². The van der Waals surface area contributed by atoms with Crippen LogP contribution in [0.4, 0.5) is 0 Å². The first-order valence-electron chi connectivity index (χ1n) is 8.46. The van der Waals surface area contributed by atoms with Crippen LogP contribution in [-0.2, 0) is 6.42 Å². The molecular formula is C20H19N3OS. The average Bonchev–Trinajstić information content (AvgIpc) is 3.14. The maximum absolute atomic E-state index is 13.0. The largest absolute Gasteiger partial charge is 0.333 e. The quantitative estimate of drug-likeness (QED) is 0.708. The molecule has 126 valence electrons. The van der Waals surface area contributed by atoms with Crippen LogP contribution in [0.2, 0.25) is 0 Å². The number of hydrogen-bond donors (Lipinski definition) is 0. The molecule has 1 aliphatic heterocycles. The van der Waals surface area contributed by atoms with Gasteiger partial charge in [0.25, 0.3) is 5.91 Å². The molecule has 0 bridgehead atoms. The first-order chi connectivity index (χ1) is 12.3.